The summed E-state index contributed by atoms with van der Waals surface area (Å²) >= 11 is 1.34. The number of rotatable bonds is 6. The van der Waals surface area contributed by atoms with Crippen LogP contribution in [0.25, 0.3) is 11.4 Å². The molecule has 0 saturated carbocycles. The summed E-state index contributed by atoms with van der Waals surface area (Å²) in [5.41, 5.74) is 0.949. The lowest BCUT2D eigenvalue weighted by molar-refractivity contribution is 0.211. The van der Waals surface area contributed by atoms with Crippen LogP contribution in [0.2, 0.25) is 0 Å². The SMILES string of the molecule is COCCNc1nc(-c2cccc(OC)c2)ns1. The van der Waals surface area contributed by atoms with Crippen molar-refractivity contribution in [2.75, 3.05) is 32.7 Å². The van der Waals surface area contributed by atoms with Gasteiger partial charge in [-0.2, -0.15) is 9.36 Å². The molecule has 1 N–H and O–H groups in total. The zero-order chi connectivity index (χ0) is 12.8. The Morgan fingerprint density at radius 2 is 2.22 bits per heavy atom. The van der Waals surface area contributed by atoms with Gasteiger partial charge in [-0.3, -0.25) is 0 Å². The van der Waals surface area contributed by atoms with Crippen LogP contribution < -0.4 is 10.1 Å². The molecule has 0 radical (unpaired) electrons. The highest BCUT2D eigenvalue weighted by molar-refractivity contribution is 7.09. The van der Waals surface area contributed by atoms with Gasteiger partial charge in [0.25, 0.3) is 0 Å². The first kappa shape index (κ1) is 12.8. The van der Waals surface area contributed by atoms with E-state index in [4.69, 9.17) is 9.47 Å². The van der Waals surface area contributed by atoms with Crippen molar-refractivity contribution >= 4 is 16.7 Å². The van der Waals surface area contributed by atoms with E-state index in [1.807, 2.05) is 24.3 Å². The molecule has 0 unspecified atom stereocenters. The van der Waals surface area contributed by atoms with Crippen LogP contribution in [0, 0.1) is 0 Å². The van der Waals surface area contributed by atoms with Crippen LogP contribution in [-0.4, -0.2) is 36.7 Å². The summed E-state index contributed by atoms with van der Waals surface area (Å²) < 4.78 is 14.5. The predicted molar refractivity (Wildman–Crippen MR) is 72.3 cm³/mol. The van der Waals surface area contributed by atoms with Crippen molar-refractivity contribution in [3.8, 4) is 17.1 Å². The molecular weight excluding hydrogens is 250 g/mol. The molecule has 0 atom stereocenters. The van der Waals surface area contributed by atoms with Crippen LogP contribution in [0.1, 0.15) is 0 Å². The lowest BCUT2D eigenvalue weighted by Gasteiger charge is -2.01. The zero-order valence-corrected chi connectivity index (χ0v) is 11.2. The Morgan fingerprint density at radius 1 is 1.33 bits per heavy atom. The van der Waals surface area contributed by atoms with Crippen LogP contribution in [0.15, 0.2) is 24.3 Å². The first-order chi connectivity index (χ1) is 8.83. The fourth-order valence-corrected chi connectivity index (χ4v) is 2.05. The van der Waals surface area contributed by atoms with E-state index < -0.39 is 0 Å². The molecule has 0 aliphatic heterocycles. The van der Waals surface area contributed by atoms with Crippen molar-refractivity contribution in [1.29, 1.82) is 0 Å². The minimum atomic E-state index is 0.647. The Balaban J connectivity index is 2.08. The van der Waals surface area contributed by atoms with Crippen molar-refractivity contribution in [1.82, 2.24) is 9.36 Å². The molecule has 0 saturated heterocycles. The van der Waals surface area contributed by atoms with Gasteiger partial charge in [-0.15, -0.1) is 0 Å². The number of hydrogen-bond donors (Lipinski definition) is 1. The molecule has 6 heteroatoms. The Morgan fingerprint density at radius 3 is 3.00 bits per heavy atom. The molecule has 1 aromatic heterocycles. The Kier molecular flexibility index (Phi) is 4.49. The summed E-state index contributed by atoms with van der Waals surface area (Å²) in [6.45, 7) is 1.37. The first-order valence-corrected chi connectivity index (χ1v) is 6.32. The van der Waals surface area contributed by atoms with E-state index in [0.29, 0.717) is 12.4 Å². The van der Waals surface area contributed by atoms with Crippen LogP contribution in [0.4, 0.5) is 5.13 Å². The fraction of sp³-hybridized carbons (Fsp3) is 0.333. The summed E-state index contributed by atoms with van der Waals surface area (Å²) in [6.07, 6.45) is 0. The third kappa shape index (κ3) is 3.18. The summed E-state index contributed by atoms with van der Waals surface area (Å²) in [4.78, 5) is 4.41. The second-order valence-corrected chi connectivity index (χ2v) is 4.33. The maximum atomic E-state index is 5.18. The van der Waals surface area contributed by atoms with E-state index in [1.54, 1.807) is 14.2 Å². The topological polar surface area (TPSA) is 56.3 Å². The van der Waals surface area contributed by atoms with Gasteiger partial charge in [-0.25, -0.2) is 0 Å². The monoisotopic (exact) mass is 265 g/mol. The second-order valence-electron chi connectivity index (χ2n) is 3.57. The quantitative estimate of drug-likeness (QED) is 0.812. The molecule has 1 heterocycles. The van der Waals surface area contributed by atoms with E-state index >= 15 is 0 Å². The molecule has 2 rings (SSSR count). The van der Waals surface area contributed by atoms with Gasteiger partial charge in [-0.05, 0) is 12.1 Å². The van der Waals surface area contributed by atoms with Crippen LogP contribution in [0.3, 0.4) is 0 Å². The Labute approximate surface area is 110 Å². The molecule has 0 aliphatic rings. The van der Waals surface area contributed by atoms with Gasteiger partial charge in [0.05, 0.1) is 13.7 Å². The number of hydrogen-bond acceptors (Lipinski definition) is 6. The normalized spacial score (nSPS) is 10.3. The van der Waals surface area contributed by atoms with Gasteiger partial charge < -0.3 is 14.8 Å². The molecule has 0 bridgehead atoms. The number of nitrogens with zero attached hydrogens (tertiary/aromatic N) is 2. The van der Waals surface area contributed by atoms with Gasteiger partial charge in [0.2, 0.25) is 5.13 Å². The summed E-state index contributed by atoms with van der Waals surface area (Å²) in [5, 5.41) is 3.95. The van der Waals surface area contributed by atoms with Crippen molar-refractivity contribution < 1.29 is 9.47 Å². The van der Waals surface area contributed by atoms with E-state index in [9.17, 15) is 0 Å². The molecule has 96 valence electrons. The maximum Gasteiger partial charge on any atom is 0.202 e. The Hall–Kier alpha value is -1.66. The van der Waals surface area contributed by atoms with E-state index in [0.717, 1.165) is 23.0 Å². The van der Waals surface area contributed by atoms with Crippen molar-refractivity contribution in [2.45, 2.75) is 0 Å². The highest BCUT2D eigenvalue weighted by Crippen LogP contribution is 2.24. The molecule has 5 nitrogen and oxygen atoms in total. The minimum absolute atomic E-state index is 0.647. The molecule has 0 fully saturated rings. The molecule has 18 heavy (non-hydrogen) atoms. The predicted octanol–water partition coefficient (Wildman–Crippen LogP) is 2.27. The number of ether oxygens (including phenoxy) is 2. The average Bonchev–Trinajstić information content (AvgIpc) is 2.88. The van der Waals surface area contributed by atoms with Gasteiger partial charge in [0.1, 0.15) is 5.75 Å². The van der Waals surface area contributed by atoms with Gasteiger partial charge in [0.15, 0.2) is 5.82 Å². The maximum absolute atomic E-state index is 5.18. The molecule has 0 amide bonds. The van der Waals surface area contributed by atoms with Gasteiger partial charge in [-0.1, -0.05) is 12.1 Å². The number of aromatic nitrogens is 2. The number of anilines is 1. The van der Waals surface area contributed by atoms with E-state index in [2.05, 4.69) is 14.7 Å². The highest BCUT2D eigenvalue weighted by atomic mass is 32.1. The largest absolute Gasteiger partial charge is 0.497 e. The second kappa shape index (κ2) is 6.32. The molecule has 0 aliphatic carbocycles. The van der Waals surface area contributed by atoms with Crippen LogP contribution in [0.5, 0.6) is 5.75 Å². The average molecular weight is 265 g/mol. The van der Waals surface area contributed by atoms with E-state index in [-0.39, 0.29) is 0 Å². The van der Waals surface area contributed by atoms with Crippen molar-refractivity contribution in [3.05, 3.63) is 24.3 Å². The smallest absolute Gasteiger partial charge is 0.202 e. The highest BCUT2D eigenvalue weighted by Gasteiger charge is 2.06. The first-order valence-electron chi connectivity index (χ1n) is 5.54. The minimum Gasteiger partial charge on any atom is -0.497 e. The summed E-state index contributed by atoms with van der Waals surface area (Å²) in [5.74, 6) is 1.51. The molecular formula is C12H15N3O2S. The number of nitrogens with one attached hydrogen (secondary N) is 1. The zero-order valence-electron chi connectivity index (χ0n) is 10.3. The number of methoxy groups -OCH3 is 2. The molecule has 2 aromatic rings. The lowest BCUT2D eigenvalue weighted by atomic mass is 10.2. The summed E-state index contributed by atoms with van der Waals surface area (Å²) in [6, 6.07) is 7.70. The van der Waals surface area contributed by atoms with Crippen molar-refractivity contribution in [3.63, 3.8) is 0 Å². The van der Waals surface area contributed by atoms with E-state index in [1.165, 1.54) is 11.5 Å². The van der Waals surface area contributed by atoms with Gasteiger partial charge >= 0.3 is 0 Å². The van der Waals surface area contributed by atoms with Gasteiger partial charge in [0, 0.05) is 30.8 Å². The fourth-order valence-electron chi connectivity index (χ4n) is 1.43. The van der Waals surface area contributed by atoms with Crippen LogP contribution >= 0.6 is 11.5 Å². The van der Waals surface area contributed by atoms with Crippen LogP contribution in [-0.2, 0) is 4.74 Å². The lowest BCUT2D eigenvalue weighted by Crippen LogP contribution is -2.06. The molecule has 1 aromatic carbocycles. The number of benzene rings is 1. The third-order valence-electron chi connectivity index (χ3n) is 2.34. The standard InChI is InChI=1S/C12H15N3O2S/c1-16-7-6-13-12-14-11(15-18-12)9-4-3-5-10(8-9)17-2/h3-5,8H,6-7H2,1-2H3,(H,13,14,15). The molecule has 0 spiro atoms. The Bertz CT molecular complexity index is 502. The third-order valence-corrected chi connectivity index (χ3v) is 3.01. The summed E-state index contributed by atoms with van der Waals surface area (Å²) in [7, 11) is 3.31. The van der Waals surface area contributed by atoms with Crippen molar-refractivity contribution in [2.24, 2.45) is 0 Å².